The Hall–Kier alpha value is -2.41. The number of para-hydroxylation sites is 1. The first-order chi connectivity index (χ1) is 8.66. The molecule has 0 bridgehead atoms. The highest BCUT2D eigenvalue weighted by molar-refractivity contribution is 7.80. The number of hydrogen-bond donors (Lipinski definition) is 4. The van der Waals surface area contributed by atoms with Gasteiger partial charge in [-0.2, -0.15) is 0 Å². The van der Waals surface area contributed by atoms with E-state index in [1.54, 1.807) is 0 Å². The molecule has 2 aromatic rings. The monoisotopic (exact) mass is 262 g/mol. The zero-order chi connectivity index (χ0) is 13.0. The van der Waals surface area contributed by atoms with E-state index in [0.29, 0.717) is 0 Å². The number of imidazole rings is 1. The van der Waals surface area contributed by atoms with Gasteiger partial charge < -0.3 is 20.7 Å². The third-order valence-electron chi connectivity index (χ3n) is 2.12. The van der Waals surface area contributed by atoms with E-state index in [-0.39, 0.29) is 16.6 Å². The second-order valence-corrected chi connectivity index (χ2v) is 3.78. The van der Waals surface area contributed by atoms with E-state index in [9.17, 15) is 4.79 Å². The van der Waals surface area contributed by atoms with Crippen molar-refractivity contribution < 1.29 is 9.90 Å². The molecule has 0 amide bonds. The summed E-state index contributed by atoms with van der Waals surface area (Å²) in [4.78, 5) is 17.2. The van der Waals surface area contributed by atoms with Crippen molar-refractivity contribution in [1.82, 2.24) is 9.97 Å². The summed E-state index contributed by atoms with van der Waals surface area (Å²) in [5.41, 5.74) is 0.773. The molecule has 0 spiro atoms. The van der Waals surface area contributed by atoms with Crippen LogP contribution in [0.5, 0.6) is 0 Å². The Morgan fingerprint density at radius 1 is 1.28 bits per heavy atom. The summed E-state index contributed by atoms with van der Waals surface area (Å²) in [5.74, 6) is -0.923. The molecule has 1 heterocycles. The second-order valence-electron chi connectivity index (χ2n) is 3.38. The lowest BCUT2D eigenvalue weighted by Gasteiger charge is -2.08. The second kappa shape index (κ2) is 5.28. The molecule has 0 unspecified atom stereocenters. The summed E-state index contributed by atoms with van der Waals surface area (Å²) >= 11 is 5.06. The standard InChI is InChI=1S/C11H10N4O2S/c16-10(17)8-9(13-6-12-8)15-11(18)14-7-4-2-1-3-5-7/h1-6H,(H,12,13)(H,16,17)(H2,14,15,18). The molecule has 0 saturated carbocycles. The smallest absolute Gasteiger partial charge is 0.356 e. The highest BCUT2D eigenvalue weighted by atomic mass is 32.1. The number of rotatable bonds is 3. The number of aromatic carboxylic acids is 1. The maximum atomic E-state index is 10.8. The number of thiocarbonyl (C=S) groups is 1. The maximum Gasteiger partial charge on any atom is 0.356 e. The lowest BCUT2D eigenvalue weighted by atomic mass is 10.3. The number of carbonyl (C=O) groups is 1. The number of H-pyrrole nitrogens is 1. The fourth-order valence-electron chi connectivity index (χ4n) is 1.34. The van der Waals surface area contributed by atoms with Gasteiger partial charge in [-0.1, -0.05) is 18.2 Å². The van der Waals surface area contributed by atoms with E-state index >= 15 is 0 Å². The Morgan fingerprint density at radius 2 is 2.00 bits per heavy atom. The molecule has 0 aliphatic carbocycles. The number of nitrogens with zero attached hydrogens (tertiary/aromatic N) is 1. The summed E-state index contributed by atoms with van der Waals surface area (Å²) in [6.07, 6.45) is 1.29. The lowest BCUT2D eigenvalue weighted by molar-refractivity contribution is 0.0692. The molecule has 18 heavy (non-hydrogen) atoms. The van der Waals surface area contributed by atoms with Gasteiger partial charge >= 0.3 is 5.97 Å². The molecule has 0 radical (unpaired) electrons. The summed E-state index contributed by atoms with van der Waals surface area (Å²) in [5, 5.41) is 14.8. The fourth-order valence-corrected chi connectivity index (χ4v) is 1.56. The SMILES string of the molecule is O=C(O)c1[nH]cnc1NC(=S)Nc1ccccc1. The van der Waals surface area contributed by atoms with E-state index in [1.165, 1.54) is 6.33 Å². The normalized spacial score (nSPS) is 9.78. The van der Waals surface area contributed by atoms with Gasteiger partial charge in [-0.3, -0.25) is 0 Å². The van der Waals surface area contributed by atoms with Crippen molar-refractivity contribution in [3.63, 3.8) is 0 Å². The van der Waals surface area contributed by atoms with Gasteiger partial charge in [0.05, 0.1) is 6.33 Å². The first-order valence-corrected chi connectivity index (χ1v) is 5.47. The molecule has 6 nitrogen and oxygen atoms in total. The molecule has 4 N–H and O–H groups in total. The molecule has 0 saturated heterocycles. The van der Waals surface area contributed by atoms with Gasteiger partial charge in [-0.25, -0.2) is 9.78 Å². The van der Waals surface area contributed by atoms with Crippen LogP contribution in [0.25, 0.3) is 0 Å². The van der Waals surface area contributed by atoms with Crippen molar-refractivity contribution in [1.29, 1.82) is 0 Å². The molecule has 0 aliphatic heterocycles. The molecule has 0 aliphatic rings. The predicted octanol–water partition coefficient (Wildman–Crippen LogP) is 1.92. The van der Waals surface area contributed by atoms with Crippen LogP contribution in [0, 0.1) is 0 Å². The molecule has 1 aromatic carbocycles. The minimum atomic E-state index is -1.10. The number of carboxylic acid groups (broad SMARTS) is 1. The largest absolute Gasteiger partial charge is 0.476 e. The number of aromatic nitrogens is 2. The van der Waals surface area contributed by atoms with Crippen LogP contribution in [0.1, 0.15) is 10.5 Å². The topological polar surface area (TPSA) is 90.0 Å². The van der Waals surface area contributed by atoms with Gasteiger partial charge in [-0.05, 0) is 24.4 Å². The Bertz CT molecular complexity index is 567. The summed E-state index contributed by atoms with van der Waals surface area (Å²) in [6.45, 7) is 0. The van der Waals surface area contributed by atoms with Crippen molar-refractivity contribution in [2.75, 3.05) is 10.6 Å². The number of anilines is 2. The molecular formula is C11H10N4O2S. The quantitative estimate of drug-likeness (QED) is 0.632. The number of nitrogens with one attached hydrogen (secondary N) is 3. The van der Waals surface area contributed by atoms with Crippen molar-refractivity contribution in [2.45, 2.75) is 0 Å². The average Bonchev–Trinajstić information content (AvgIpc) is 2.78. The summed E-state index contributed by atoms with van der Waals surface area (Å²) in [6, 6.07) is 9.30. The Labute approximate surface area is 108 Å². The third-order valence-corrected chi connectivity index (χ3v) is 2.32. The van der Waals surface area contributed by atoms with Gasteiger partial charge in [0.1, 0.15) is 0 Å². The molecule has 1 aromatic heterocycles. The Morgan fingerprint density at radius 3 is 2.67 bits per heavy atom. The average molecular weight is 262 g/mol. The van der Waals surface area contributed by atoms with Gasteiger partial charge in [-0.15, -0.1) is 0 Å². The van der Waals surface area contributed by atoms with E-state index in [2.05, 4.69) is 20.6 Å². The Kier molecular flexibility index (Phi) is 3.54. The van der Waals surface area contributed by atoms with E-state index in [0.717, 1.165) is 5.69 Å². The van der Waals surface area contributed by atoms with Crippen LogP contribution in [0.2, 0.25) is 0 Å². The van der Waals surface area contributed by atoms with Gasteiger partial charge in [0.15, 0.2) is 16.6 Å². The molecule has 92 valence electrons. The Balaban J connectivity index is 2.04. The van der Waals surface area contributed by atoms with Crippen molar-refractivity contribution in [2.24, 2.45) is 0 Å². The number of hydrogen-bond acceptors (Lipinski definition) is 3. The predicted molar refractivity (Wildman–Crippen MR) is 71.8 cm³/mol. The van der Waals surface area contributed by atoms with Crippen molar-refractivity contribution >= 4 is 34.8 Å². The summed E-state index contributed by atoms with van der Waals surface area (Å²) in [7, 11) is 0. The molecule has 0 fully saturated rings. The van der Waals surface area contributed by atoms with Crippen LogP contribution in [-0.4, -0.2) is 26.2 Å². The van der Waals surface area contributed by atoms with E-state index < -0.39 is 5.97 Å². The molecule has 2 rings (SSSR count). The van der Waals surface area contributed by atoms with Crippen LogP contribution in [0.4, 0.5) is 11.5 Å². The minimum absolute atomic E-state index is 0.0350. The molecular weight excluding hydrogens is 252 g/mol. The van der Waals surface area contributed by atoms with Crippen LogP contribution in [0.15, 0.2) is 36.7 Å². The van der Waals surface area contributed by atoms with Crippen molar-refractivity contribution in [3.05, 3.63) is 42.4 Å². The zero-order valence-corrected chi connectivity index (χ0v) is 9.99. The highest BCUT2D eigenvalue weighted by Crippen LogP contribution is 2.11. The van der Waals surface area contributed by atoms with Crippen LogP contribution in [0.3, 0.4) is 0 Å². The number of benzene rings is 1. The zero-order valence-electron chi connectivity index (χ0n) is 9.18. The third kappa shape index (κ3) is 2.83. The fraction of sp³-hybridized carbons (Fsp3) is 0. The van der Waals surface area contributed by atoms with Crippen molar-refractivity contribution in [3.8, 4) is 0 Å². The van der Waals surface area contributed by atoms with Gasteiger partial charge in [0, 0.05) is 5.69 Å². The lowest BCUT2D eigenvalue weighted by Crippen LogP contribution is -2.20. The van der Waals surface area contributed by atoms with Gasteiger partial charge in [0.2, 0.25) is 0 Å². The number of aromatic amines is 1. The first kappa shape index (κ1) is 12.1. The highest BCUT2D eigenvalue weighted by Gasteiger charge is 2.13. The van der Waals surface area contributed by atoms with Gasteiger partial charge in [0.25, 0.3) is 0 Å². The maximum absolute atomic E-state index is 10.8. The molecule has 0 atom stereocenters. The van der Waals surface area contributed by atoms with Crippen LogP contribution in [-0.2, 0) is 0 Å². The number of carboxylic acids is 1. The summed E-state index contributed by atoms with van der Waals surface area (Å²) < 4.78 is 0. The van der Waals surface area contributed by atoms with E-state index in [1.807, 2.05) is 30.3 Å². The van der Waals surface area contributed by atoms with Crippen LogP contribution < -0.4 is 10.6 Å². The minimum Gasteiger partial charge on any atom is -0.476 e. The first-order valence-electron chi connectivity index (χ1n) is 5.06. The molecule has 7 heteroatoms. The van der Waals surface area contributed by atoms with Crippen LogP contribution >= 0.6 is 12.2 Å². The van der Waals surface area contributed by atoms with E-state index in [4.69, 9.17) is 17.3 Å².